The Balaban J connectivity index is 1.74. The van der Waals surface area contributed by atoms with E-state index in [1.807, 2.05) is 46.7 Å². The molecule has 3 rings (SSSR count). The number of amides is 1. The average Bonchev–Trinajstić information content (AvgIpc) is 3.25. The lowest BCUT2D eigenvalue weighted by molar-refractivity contribution is 0.0916. The van der Waals surface area contributed by atoms with Gasteiger partial charge in [0.2, 0.25) is 0 Å². The highest BCUT2D eigenvalue weighted by Crippen LogP contribution is 2.22. The lowest BCUT2D eigenvalue weighted by atomic mass is 10.2. The molecule has 1 atom stereocenters. The number of aryl methyl sites for hydroxylation is 1. The number of carbonyl (C=O) groups is 1. The Morgan fingerprint density at radius 2 is 2.26 bits per heavy atom. The van der Waals surface area contributed by atoms with Crippen molar-refractivity contribution in [3.05, 3.63) is 57.0 Å². The average molecular weight is 347 g/mol. The number of nitrogens with one attached hydrogen (secondary N) is 1. The minimum atomic E-state index is -0.687. The zero-order chi connectivity index (χ0) is 16.4. The van der Waals surface area contributed by atoms with Crippen molar-refractivity contribution in [2.24, 2.45) is 0 Å². The van der Waals surface area contributed by atoms with Gasteiger partial charge in [-0.15, -0.1) is 11.3 Å². The summed E-state index contributed by atoms with van der Waals surface area (Å²) in [6, 6.07) is 3.71. The lowest BCUT2D eigenvalue weighted by Crippen LogP contribution is -2.28. The molecule has 120 valence electrons. The standard InChI is InChI=1S/C16H17N3O2S2/c1-10-7-13(11(2)19(10)16-17-4-6-23-16)15(21)18-8-14(20)12-3-5-22-9-12/h3-7,9,14,20H,8H2,1-2H3,(H,18,21). The molecular formula is C16H17N3O2S2. The first kappa shape index (κ1) is 15.9. The fourth-order valence-electron chi connectivity index (χ4n) is 2.48. The Bertz CT molecular complexity index is 792. The SMILES string of the molecule is Cc1cc(C(=O)NCC(O)c2ccsc2)c(C)n1-c1nccs1. The van der Waals surface area contributed by atoms with E-state index in [-0.39, 0.29) is 12.5 Å². The van der Waals surface area contributed by atoms with Crippen molar-refractivity contribution < 1.29 is 9.90 Å². The fraction of sp³-hybridized carbons (Fsp3) is 0.250. The van der Waals surface area contributed by atoms with E-state index in [0.717, 1.165) is 22.1 Å². The van der Waals surface area contributed by atoms with Crippen LogP contribution in [0.5, 0.6) is 0 Å². The smallest absolute Gasteiger partial charge is 0.253 e. The molecule has 0 aliphatic heterocycles. The maximum atomic E-state index is 12.4. The minimum absolute atomic E-state index is 0.185. The zero-order valence-corrected chi connectivity index (χ0v) is 14.4. The van der Waals surface area contributed by atoms with Gasteiger partial charge in [0, 0.05) is 29.5 Å². The van der Waals surface area contributed by atoms with Gasteiger partial charge in [-0.1, -0.05) is 0 Å². The van der Waals surface area contributed by atoms with Crippen LogP contribution in [0, 0.1) is 13.8 Å². The summed E-state index contributed by atoms with van der Waals surface area (Å²) >= 11 is 3.05. The number of rotatable bonds is 5. The van der Waals surface area contributed by atoms with Crippen LogP contribution >= 0.6 is 22.7 Å². The maximum Gasteiger partial charge on any atom is 0.253 e. The number of carbonyl (C=O) groups excluding carboxylic acids is 1. The molecule has 0 aromatic carbocycles. The van der Waals surface area contributed by atoms with E-state index in [1.165, 1.54) is 22.7 Å². The zero-order valence-electron chi connectivity index (χ0n) is 12.8. The molecule has 1 amide bonds. The van der Waals surface area contributed by atoms with E-state index in [9.17, 15) is 9.90 Å². The maximum absolute atomic E-state index is 12.4. The number of thiophene rings is 1. The molecule has 0 bridgehead atoms. The molecule has 0 aliphatic rings. The second-order valence-electron chi connectivity index (χ2n) is 5.22. The monoisotopic (exact) mass is 347 g/mol. The van der Waals surface area contributed by atoms with Gasteiger partial charge >= 0.3 is 0 Å². The molecule has 3 heterocycles. The molecule has 5 nitrogen and oxygen atoms in total. The van der Waals surface area contributed by atoms with Crippen molar-refractivity contribution in [1.82, 2.24) is 14.9 Å². The van der Waals surface area contributed by atoms with Gasteiger partial charge in [-0.05, 0) is 42.3 Å². The molecule has 0 radical (unpaired) electrons. The van der Waals surface area contributed by atoms with Crippen molar-refractivity contribution in [2.45, 2.75) is 20.0 Å². The molecule has 3 aromatic rings. The quantitative estimate of drug-likeness (QED) is 0.745. The highest BCUT2D eigenvalue weighted by Gasteiger charge is 2.18. The third-order valence-electron chi connectivity index (χ3n) is 3.67. The molecule has 0 saturated carbocycles. The Kier molecular flexibility index (Phi) is 4.61. The van der Waals surface area contributed by atoms with Crippen LogP contribution in [0.1, 0.15) is 33.4 Å². The van der Waals surface area contributed by atoms with Crippen LogP contribution < -0.4 is 5.32 Å². The van der Waals surface area contributed by atoms with Crippen LogP contribution in [0.15, 0.2) is 34.5 Å². The van der Waals surface area contributed by atoms with Crippen LogP contribution in [-0.4, -0.2) is 27.1 Å². The van der Waals surface area contributed by atoms with E-state index in [0.29, 0.717) is 5.56 Å². The molecular weight excluding hydrogens is 330 g/mol. The number of aliphatic hydroxyl groups excluding tert-OH is 1. The number of thiazole rings is 1. The van der Waals surface area contributed by atoms with Crippen molar-refractivity contribution in [2.75, 3.05) is 6.54 Å². The molecule has 1 unspecified atom stereocenters. The molecule has 0 spiro atoms. The molecule has 7 heteroatoms. The Morgan fingerprint density at radius 3 is 2.91 bits per heavy atom. The topological polar surface area (TPSA) is 67.2 Å². The number of hydrogen-bond donors (Lipinski definition) is 2. The summed E-state index contributed by atoms with van der Waals surface area (Å²) in [6.07, 6.45) is 1.06. The van der Waals surface area contributed by atoms with Gasteiger partial charge in [-0.2, -0.15) is 11.3 Å². The van der Waals surface area contributed by atoms with Crippen molar-refractivity contribution in [3.63, 3.8) is 0 Å². The van der Waals surface area contributed by atoms with E-state index < -0.39 is 6.10 Å². The highest BCUT2D eigenvalue weighted by molar-refractivity contribution is 7.12. The molecule has 0 fully saturated rings. The Morgan fingerprint density at radius 1 is 1.43 bits per heavy atom. The van der Waals surface area contributed by atoms with Gasteiger partial charge in [0.25, 0.3) is 5.91 Å². The third kappa shape index (κ3) is 3.21. The summed E-state index contributed by atoms with van der Waals surface area (Å²) in [5, 5.41) is 19.4. The number of nitrogens with zero attached hydrogens (tertiary/aromatic N) is 2. The number of aliphatic hydroxyl groups is 1. The van der Waals surface area contributed by atoms with Crippen LogP contribution in [0.25, 0.3) is 5.13 Å². The van der Waals surface area contributed by atoms with Gasteiger partial charge in [0.05, 0.1) is 11.7 Å². The predicted octanol–water partition coefficient (Wildman–Crippen LogP) is 3.08. The van der Waals surface area contributed by atoms with Gasteiger partial charge < -0.3 is 10.4 Å². The van der Waals surface area contributed by atoms with E-state index in [1.54, 1.807) is 6.20 Å². The van der Waals surface area contributed by atoms with Crippen LogP contribution in [0.4, 0.5) is 0 Å². The van der Waals surface area contributed by atoms with Crippen LogP contribution in [-0.2, 0) is 0 Å². The Hall–Kier alpha value is -1.96. The van der Waals surface area contributed by atoms with Gasteiger partial charge in [-0.25, -0.2) is 4.98 Å². The number of aromatic nitrogens is 2. The van der Waals surface area contributed by atoms with E-state index in [4.69, 9.17) is 0 Å². The normalized spacial score (nSPS) is 12.3. The fourth-order valence-corrected chi connectivity index (χ4v) is 3.94. The van der Waals surface area contributed by atoms with Crippen molar-refractivity contribution >= 4 is 28.6 Å². The Labute approximate surface area is 142 Å². The molecule has 2 N–H and O–H groups in total. The minimum Gasteiger partial charge on any atom is -0.387 e. The second kappa shape index (κ2) is 6.66. The summed E-state index contributed by atoms with van der Waals surface area (Å²) in [6.45, 7) is 4.04. The predicted molar refractivity (Wildman–Crippen MR) is 92.5 cm³/mol. The highest BCUT2D eigenvalue weighted by atomic mass is 32.1. The van der Waals surface area contributed by atoms with Crippen LogP contribution in [0.2, 0.25) is 0 Å². The second-order valence-corrected chi connectivity index (χ2v) is 6.87. The summed E-state index contributed by atoms with van der Waals surface area (Å²) in [7, 11) is 0. The first-order chi connectivity index (χ1) is 11.1. The molecule has 0 aliphatic carbocycles. The van der Waals surface area contributed by atoms with Crippen molar-refractivity contribution in [1.29, 1.82) is 0 Å². The summed E-state index contributed by atoms with van der Waals surface area (Å²) in [5.74, 6) is -0.185. The van der Waals surface area contributed by atoms with Crippen molar-refractivity contribution in [3.8, 4) is 5.13 Å². The molecule has 0 saturated heterocycles. The van der Waals surface area contributed by atoms with E-state index >= 15 is 0 Å². The molecule has 23 heavy (non-hydrogen) atoms. The van der Waals surface area contributed by atoms with Crippen LogP contribution in [0.3, 0.4) is 0 Å². The summed E-state index contributed by atoms with van der Waals surface area (Å²) in [4.78, 5) is 16.7. The summed E-state index contributed by atoms with van der Waals surface area (Å²) < 4.78 is 1.97. The largest absolute Gasteiger partial charge is 0.387 e. The summed E-state index contributed by atoms with van der Waals surface area (Å²) in [5.41, 5.74) is 3.24. The first-order valence-electron chi connectivity index (χ1n) is 7.15. The number of hydrogen-bond acceptors (Lipinski definition) is 5. The van der Waals surface area contributed by atoms with Gasteiger partial charge in [0.1, 0.15) is 0 Å². The third-order valence-corrected chi connectivity index (χ3v) is 5.13. The molecule has 3 aromatic heterocycles. The van der Waals surface area contributed by atoms with Gasteiger partial charge in [-0.3, -0.25) is 9.36 Å². The van der Waals surface area contributed by atoms with E-state index in [2.05, 4.69) is 10.3 Å². The lowest BCUT2D eigenvalue weighted by Gasteiger charge is -2.11. The van der Waals surface area contributed by atoms with Gasteiger partial charge in [0.15, 0.2) is 5.13 Å². The first-order valence-corrected chi connectivity index (χ1v) is 8.97.